The maximum atomic E-state index is 12.7. The number of hydrogen-bond acceptors (Lipinski definition) is 3. The fraction of sp³-hybridized carbons (Fsp3) is 0.0588. The molecule has 3 rings (SSSR count). The third-order valence-corrected chi connectivity index (χ3v) is 3.59. The molecule has 1 saturated carbocycles. The lowest BCUT2D eigenvalue weighted by molar-refractivity contribution is -0.113. The van der Waals surface area contributed by atoms with Crippen LogP contribution >= 0.6 is 11.6 Å². The summed E-state index contributed by atoms with van der Waals surface area (Å²) in [4.78, 5) is 16.6. The Morgan fingerprint density at radius 1 is 1.23 bits per heavy atom. The van der Waals surface area contributed by atoms with Crippen LogP contribution in [0.1, 0.15) is 5.56 Å². The highest BCUT2D eigenvalue weighted by Gasteiger charge is 2.27. The molecule has 0 spiro atoms. The first-order chi connectivity index (χ1) is 10.7. The molecule has 0 aliphatic heterocycles. The second-order valence-electron chi connectivity index (χ2n) is 4.79. The third kappa shape index (κ3) is 3.45. The van der Waals surface area contributed by atoms with Crippen molar-refractivity contribution in [3.05, 3.63) is 84.7 Å². The number of aromatic nitrogens is 3. The molecule has 22 heavy (non-hydrogen) atoms. The van der Waals surface area contributed by atoms with Gasteiger partial charge in [0.1, 0.15) is 12.7 Å². The standard InChI is InChI=1S/C17H13ClN3O/c18-16-8-4-3-7-14(16)9-15(10-21-12-19-11-20-21)17(22)13-5-1-2-6-13/h1-9,11-12H,10H2/b15-9+. The number of benzene rings is 1. The molecule has 0 N–H and O–H groups in total. The van der Waals surface area contributed by atoms with Crippen molar-refractivity contribution in [2.45, 2.75) is 6.54 Å². The molecule has 0 saturated heterocycles. The Kier molecular flexibility index (Phi) is 4.68. The molecule has 5 radical (unpaired) electrons. The van der Waals surface area contributed by atoms with E-state index in [4.69, 9.17) is 11.6 Å². The molecule has 109 valence electrons. The number of ketones is 1. The lowest BCUT2D eigenvalue weighted by Gasteiger charge is -2.11. The van der Waals surface area contributed by atoms with Gasteiger partial charge in [0.2, 0.25) is 0 Å². The van der Waals surface area contributed by atoms with Gasteiger partial charge < -0.3 is 0 Å². The zero-order chi connectivity index (χ0) is 15.4. The highest BCUT2D eigenvalue weighted by molar-refractivity contribution is 6.32. The van der Waals surface area contributed by atoms with Crippen molar-refractivity contribution in [2.75, 3.05) is 0 Å². The van der Waals surface area contributed by atoms with Crippen molar-refractivity contribution in [1.82, 2.24) is 14.8 Å². The van der Waals surface area contributed by atoms with Gasteiger partial charge in [0, 0.05) is 10.6 Å². The maximum Gasteiger partial charge on any atom is 0.168 e. The number of carbonyl (C=O) groups is 1. The quantitative estimate of drug-likeness (QED) is 0.798. The van der Waals surface area contributed by atoms with Crippen molar-refractivity contribution in [2.24, 2.45) is 0 Å². The number of carbonyl (C=O) groups excluding carboxylic acids is 1. The van der Waals surface area contributed by atoms with Gasteiger partial charge >= 0.3 is 0 Å². The van der Waals surface area contributed by atoms with Crippen LogP contribution in [0.3, 0.4) is 0 Å². The van der Waals surface area contributed by atoms with E-state index < -0.39 is 0 Å². The minimum atomic E-state index is -0.0413. The van der Waals surface area contributed by atoms with Crippen LogP contribution in [-0.2, 0) is 11.3 Å². The summed E-state index contributed by atoms with van der Waals surface area (Å²) in [6.07, 6.45) is 12.1. The predicted octanol–water partition coefficient (Wildman–Crippen LogP) is 2.99. The van der Waals surface area contributed by atoms with E-state index in [1.165, 1.54) is 6.33 Å². The molecule has 2 aromatic rings. The van der Waals surface area contributed by atoms with E-state index in [1.807, 2.05) is 31.0 Å². The average molecular weight is 311 g/mol. The van der Waals surface area contributed by atoms with Crippen LogP contribution < -0.4 is 0 Å². The van der Waals surface area contributed by atoms with Crippen molar-refractivity contribution < 1.29 is 4.79 Å². The SMILES string of the molecule is O=C([C]1[CH][CH][CH][CH]1)/C(=C/c1ccccc1Cl)Cn1cncn1. The Hall–Kier alpha value is -1.94. The van der Waals surface area contributed by atoms with Crippen molar-refractivity contribution in [3.63, 3.8) is 0 Å². The number of Topliss-reactive ketones (excluding diaryl/α,β-unsaturated/α-hetero) is 1. The Morgan fingerprint density at radius 3 is 2.68 bits per heavy atom. The van der Waals surface area contributed by atoms with Gasteiger partial charge in [0.25, 0.3) is 0 Å². The van der Waals surface area contributed by atoms with Gasteiger partial charge in [0.15, 0.2) is 5.78 Å². The summed E-state index contributed by atoms with van der Waals surface area (Å²) in [6, 6.07) is 7.42. The summed E-state index contributed by atoms with van der Waals surface area (Å²) >= 11 is 6.19. The van der Waals surface area contributed by atoms with Crippen LogP contribution in [-0.4, -0.2) is 20.5 Å². The summed E-state index contributed by atoms with van der Waals surface area (Å²) in [6.45, 7) is 0.342. The van der Waals surface area contributed by atoms with Gasteiger partial charge in [-0.3, -0.25) is 4.79 Å². The fourth-order valence-electron chi connectivity index (χ4n) is 2.16. The van der Waals surface area contributed by atoms with Crippen LogP contribution in [0.25, 0.3) is 6.08 Å². The number of nitrogens with zero attached hydrogens (tertiary/aromatic N) is 3. The van der Waals surface area contributed by atoms with Gasteiger partial charge in [0.05, 0.1) is 12.5 Å². The topological polar surface area (TPSA) is 47.8 Å². The number of hydrogen-bond donors (Lipinski definition) is 0. The van der Waals surface area contributed by atoms with Crippen LogP contribution in [0.4, 0.5) is 0 Å². The van der Waals surface area contributed by atoms with Crippen molar-refractivity contribution in [3.8, 4) is 0 Å². The Balaban J connectivity index is 1.91. The molecule has 0 amide bonds. The summed E-state index contributed by atoms with van der Waals surface area (Å²) < 4.78 is 1.61. The van der Waals surface area contributed by atoms with Gasteiger partial charge in [-0.1, -0.05) is 29.8 Å². The molecule has 5 heteroatoms. The van der Waals surface area contributed by atoms with E-state index in [-0.39, 0.29) is 5.78 Å². The highest BCUT2D eigenvalue weighted by atomic mass is 35.5. The fourth-order valence-corrected chi connectivity index (χ4v) is 2.35. The Labute approximate surface area is 134 Å². The first-order valence-electron chi connectivity index (χ1n) is 6.78. The smallest absolute Gasteiger partial charge is 0.168 e. The minimum absolute atomic E-state index is 0.0413. The largest absolute Gasteiger partial charge is 0.294 e. The Morgan fingerprint density at radius 2 is 2.00 bits per heavy atom. The van der Waals surface area contributed by atoms with Crippen molar-refractivity contribution in [1.29, 1.82) is 0 Å². The number of halogens is 1. The molecule has 1 aromatic carbocycles. The number of rotatable bonds is 5. The van der Waals surface area contributed by atoms with E-state index in [1.54, 1.807) is 36.0 Å². The maximum absolute atomic E-state index is 12.7. The van der Waals surface area contributed by atoms with E-state index in [0.717, 1.165) is 5.56 Å². The zero-order valence-electron chi connectivity index (χ0n) is 11.7. The van der Waals surface area contributed by atoms with Crippen LogP contribution in [0.15, 0.2) is 42.5 Å². The normalized spacial score (nSPS) is 16.1. The molecule has 1 aliphatic carbocycles. The first-order valence-corrected chi connectivity index (χ1v) is 7.16. The molecule has 1 heterocycles. The van der Waals surface area contributed by atoms with Gasteiger partial charge in [-0.2, -0.15) is 5.10 Å². The molecule has 4 nitrogen and oxygen atoms in total. The molecule has 0 unspecified atom stereocenters. The second-order valence-corrected chi connectivity index (χ2v) is 5.19. The van der Waals surface area contributed by atoms with Crippen LogP contribution in [0.5, 0.6) is 0 Å². The first kappa shape index (κ1) is 15.0. The monoisotopic (exact) mass is 310 g/mol. The second kappa shape index (κ2) is 6.88. The average Bonchev–Trinajstić information content (AvgIpc) is 3.21. The molecule has 1 aliphatic rings. The summed E-state index contributed by atoms with van der Waals surface area (Å²) in [5, 5.41) is 4.67. The van der Waals surface area contributed by atoms with Gasteiger partial charge in [-0.15, -0.1) is 0 Å². The van der Waals surface area contributed by atoms with Crippen LogP contribution in [0, 0.1) is 31.6 Å². The van der Waals surface area contributed by atoms with E-state index in [9.17, 15) is 4.79 Å². The Bertz CT molecular complexity index is 673. The summed E-state index contributed by atoms with van der Waals surface area (Å²) in [7, 11) is 0. The molecular weight excluding hydrogens is 298 g/mol. The summed E-state index contributed by atoms with van der Waals surface area (Å²) in [5.41, 5.74) is 1.41. The molecular formula is C17H13ClN3O. The van der Waals surface area contributed by atoms with E-state index in [0.29, 0.717) is 23.1 Å². The van der Waals surface area contributed by atoms with E-state index in [2.05, 4.69) is 10.1 Å². The van der Waals surface area contributed by atoms with E-state index >= 15 is 0 Å². The molecule has 1 aromatic heterocycles. The molecule has 1 fully saturated rings. The van der Waals surface area contributed by atoms with Crippen LogP contribution in [0.2, 0.25) is 5.02 Å². The zero-order valence-corrected chi connectivity index (χ0v) is 12.4. The summed E-state index contributed by atoms with van der Waals surface area (Å²) in [5.74, 6) is 0.610. The third-order valence-electron chi connectivity index (χ3n) is 3.25. The predicted molar refractivity (Wildman–Crippen MR) is 84.9 cm³/mol. The molecule has 0 bridgehead atoms. The van der Waals surface area contributed by atoms with Gasteiger partial charge in [-0.25, -0.2) is 9.67 Å². The number of allylic oxidation sites excluding steroid dienone is 1. The minimum Gasteiger partial charge on any atom is -0.294 e. The lowest BCUT2D eigenvalue weighted by atomic mass is 9.94. The highest BCUT2D eigenvalue weighted by Crippen LogP contribution is 2.28. The lowest BCUT2D eigenvalue weighted by Crippen LogP contribution is -2.17. The van der Waals surface area contributed by atoms with Gasteiger partial charge in [-0.05, 0) is 43.4 Å². The van der Waals surface area contributed by atoms with Crippen molar-refractivity contribution >= 4 is 23.5 Å². The molecule has 0 atom stereocenters.